The molecule has 1 amide bonds. The normalized spacial score (nSPS) is 15.3. The summed E-state index contributed by atoms with van der Waals surface area (Å²) in [6.07, 6.45) is 1.05. The van der Waals surface area contributed by atoms with Gasteiger partial charge in [0, 0.05) is 17.4 Å². The predicted octanol–water partition coefficient (Wildman–Crippen LogP) is 3.54. The molecule has 0 saturated heterocycles. The molecule has 4 rings (SSSR count). The first-order valence-corrected chi connectivity index (χ1v) is 8.70. The average Bonchev–Trinajstić information content (AvgIpc) is 2.67. The molecule has 2 heterocycles. The fraction of sp³-hybridized carbons (Fsp3) is 0.190. The van der Waals surface area contributed by atoms with Gasteiger partial charge in [0.05, 0.1) is 5.69 Å². The molecule has 6 nitrogen and oxygen atoms in total. The number of aromatic nitrogens is 2. The lowest BCUT2D eigenvalue weighted by atomic mass is 10.0. The van der Waals surface area contributed by atoms with E-state index in [0.717, 1.165) is 22.6 Å². The van der Waals surface area contributed by atoms with Gasteiger partial charge in [0.15, 0.2) is 11.5 Å². The van der Waals surface area contributed by atoms with Crippen LogP contribution < -0.4 is 14.8 Å². The molecule has 3 aromatic rings. The van der Waals surface area contributed by atoms with Gasteiger partial charge in [-0.05, 0) is 49.7 Å². The van der Waals surface area contributed by atoms with Crippen molar-refractivity contribution in [2.45, 2.75) is 20.0 Å². The molecule has 0 aliphatic carbocycles. The fourth-order valence-electron chi connectivity index (χ4n) is 3.01. The Labute approximate surface area is 157 Å². The summed E-state index contributed by atoms with van der Waals surface area (Å²) in [6, 6.07) is 14.9. The van der Waals surface area contributed by atoms with Crippen molar-refractivity contribution in [3.63, 3.8) is 0 Å². The minimum Gasteiger partial charge on any atom is -0.485 e. The maximum Gasteiger partial charge on any atom is 0.269 e. The van der Waals surface area contributed by atoms with E-state index in [0.29, 0.717) is 17.2 Å². The number of anilines is 1. The minimum atomic E-state index is -0.690. The fourth-order valence-corrected chi connectivity index (χ4v) is 3.01. The van der Waals surface area contributed by atoms with Gasteiger partial charge in [0.1, 0.15) is 12.4 Å². The number of amides is 1. The van der Waals surface area contributed by atoms with E-state index in [9.17, 15) is 4.79 Å². The zero-order valence-corrected chi connectivity index (χ0v) is 15.1. The molecule has 1 atom stereocenters. The maximum absolute atomic E-state index is 12.6. The Kier molecular flexibility index (Phi) is 4.46. The second-order valence-electron chi connectivity index (χ2n) is 6.37. The van der Waals surface area contributed by atoms with Crippen LogP contribution in [-0.4, -0.2) is 28.6 Å². The highest BCUT2D eigenvalue weighted by molar-refractivity contribution is 5.95. The number of hydrogen-bond acceptors (Lipinski definition) is 5. The smallest absolute Gasteiger partial charge is 0.269 e. The molecule has 0 fully saturated rings. The van der Waals surface area contributed by atoms with E-state index in [-0.39, 0.29) is 12.5 Å². The molecule has 0 spiro atoms. The summed E-state index contributed by atoms with van der Waals surface area (Å²) in [5, 5.41) is 2.90. The van der Waals surface area contributed by atoms with Gasteiger partial charge >= 0.3 is 0 Å². The van der Waals surface area contributed by atoms with Gasteiger partial charge in [-0.15, -0.1) is 0 Å². The van der Waals surface area contributed by atoms with Crippen LogP contribution in [0.15, 0.2) is 54.7 Å². The summed E-state index contributed by atoms with van der Waals surface area (Å²) >= 11 is 0. The van der Waals surface area contributed by atoms with E-state index in [4.69, 9.17) is 9.47 Å². The Hall–Kier alpha value is -3.41. The Balaban J connectivity index is 1.48. The topological polar surface area (TPSA) is 73.3 Å². The van der Waals surface area contributed by atoms with Crippen molar-refractivity contribution in [1.29, 1.82) is 0 Å². The van der Waals surface area contributed by atoms with E-state index in [1.807, 2.05) is 56.3 Å². The van der Waals surface area contributed by atoms with Crippen LogP contribution in [0, 0.1) is 13.8 Å². The molecule has 1 aromatic heterocycles. The van der Waals surface area contributed by atoms with E-state index < -0.39 is 6.10 Å². The molecule has 0 saturated carbocycles. The second kappa shape index (κ2) is 7.07. The Morgan fingerprint density at radius 3 is 2.70 bits per heavy atom. The molecule has 1 aliphatic heterocycles. The number of aryl methyl sites for hydroxylation is 2. The number of nitrogens with zero attached hydrogens (tertiary/aromatic N) is 2. The first kappa shape index (κ1) is 17.0. The third-order valence-electron chi connectivity index (χ3n) is 4.35. The summed E-state index contributed by atoms with van der Waals surface area (Å²) in [7, 11) is 0. The Morgan fingerprint density at radius 2 is 1.93 bits per heavy atom. The Bertz CT molecular complexity index is 1000. The number of benzene rings is 2. The van der Waals surface area contributed by atoms with Gasteiger partial charge in [0.25, 0.3) is 5.91 Å². The van der Waals surface area contributed by atoms with E-state index >= 15 is 0 Å². The SMILES string of the molecule is Cc1nccc(-c2ccc(NC(=O)C3COc4ccccc4O3)cc2C)n1. The Morgan fingerprint density at radius 1 is 1.11 bits per heavy atom. The maximum atomic E-state index is 12.6. The number of carbonyl (C=O) groups is 1. The summed E-state index contributed by atoms with van der Waals surface area (Å²) < 4.78 is 11.4. The molecule has 1 aliphatic rings. The third-order valence-corrected chi connectivity index (χ3v) is 4.35. The monoisotopic (exact) mass is 361 g/mol. The predicted molar refractivity (Wildman–Crippen MR) is 102 cm³/mol. The first-order valence-electron chi connectivity index (χ1n) is 8.70. The van der Waals surface area contributed by atoms with E-state index in [2.05, 4.69) is 15.3 Å². The molecule has 136 valence electrons. The molecule has 0 radical (unpaired) electrons. The van der Waals surface area contributed by atoms with Crippen LogP contribution in [0.4, 0.5) is 5.69 Å². The zero-order chi connectivity index (χ0) is 18.8. The molecule has 0 bridgehead atoms. The van der Waals surface area contributed by atoms with Gasteiger partial charge in [-0.25, -0.2) is 9.97 Å². The van der Waals surface area contributed by atoms with Crippen molar-refractivity contribution in [1.82, 2.24) is 9.97 Å². The zero-order valence-electron chi connectivity index (χ0n) is 15.1. The number of ether oxygens (including phenoxy) is 2. The molecular weight excluding hydrogens is 342 g/mol. The van der Waals surface area contributed by atoms with Gasteiger partial charge in [-0.2, -0.15) is 0 Å². The molecule has 2 aromatic carbocycles. The largest absolute Gasteiger partial charge is 0.485 e. The number of fused-ring (bicyclic) bond motifs is 1. The van der Waals surface area contributed by atoms with Crippen LogP contribution in [0.5, 0.6) is 11.5 Å². The van der Waals surface area contributed by atoms with Crippen molar-refractivity contribution in [3.8, 4) is 22.8 Å². The highest BCUT2D eigenvalue weighted by atomic mass is 16.6. The lowest BCUT2D eigenvalue weighted by Gasteiger charge is -2.25. The molecule has 6 heteroatoms. The average molecular weight is 361 g/mol. The molecule has 27 heavy (non-hydrogen) atoms. The second-order valence-corrected chi connectivity index (χ2v) is 6.37. The quantitative estimate of drug-likeness (QED) is 0.772. The number of rotatable bonds is 3. The van der Waals surface area contributed by atoms with Gasteiger partial charge in [-0.3, -0.25) is 4.79 Å². The minimum absolute atomic E-state index is 0.181. The summed E-state index contributed by atoms with van der Waals surface area (Å²) in [6.45, 7) is 4.02. The van der Waals surface area contributed by atoms with E-state index in [1.165, 1.54) is 0 Å². The van der Waals surface area contributed by atoms with Gasteiger partial charge < -0.3 is 14.8 Å². The van der Waals surface area contributed by atoms with Crippen molar-refractivity contribution in [3.05, 3.63) is 66.1 Å². The van der Waals surface area contributed by atoms with E-state index in [1.54, 1.807) is 12.3 Å². The van der Waals surface area contributed by atoms with Crippen molar-refractivity contribution in [2.75, 3.05) is 11.9 Å². The van der Waals surface area contributed by atoms with Gasteiger partial charge in [0.2, 0.25) is 6.10 Å². The van der Waals surface area contributed by atoms with Crippen LogP contribution in [0.25, 0.3) is 11.3 Å². The van der Waals surface area contributed by atoms with Crippen molar-refractivity contribution in [2.24, 2.45) is 0 Å². The van der Waals surface area contributed by atoms with Crippen LogP contribution in [0.2, 0.25) is 0 Å². The standard InChI is InChI=1S/C21H19N3O3/c1-13-11-15(7-8-16(13)17-9-10-22-14(2)23-17)24-21(25)20-12-26-18-5-3-4-6-19(18)27-20/h3-11,20H,12H2,1-2H3,(H,24,25). The lowest BCUT2D eigenvalue weighted by molar-refractivity contribution is -0.125. The third kappa shape index (κ3) is 3.60. The first-order chi connectivity index (χ1) is 13.1. The summed E-state index contributed by atoms with van der Waals surface area (Å²) in [5.41, 5.74) is 3.58. The molecule has 1 N–H and O–H groups in total. The van der Waals surface area contributed by atoms with Crippen LogP contribution in [-0.2, 0) is 4.79 Å². The number of nitrogens with one attached hydrogen (secondary N) is 1. The van der Waals surface area contributed by atoms with Crippen LogP contribution in [0.1, 0.15) is 11.4 Å². The van der Waals surface area contributed by atoms with Crippen molar-refractivity contribution < 1.29 is 14.3 Å². The molecule has 1 unspecified atom stereocenters. The number of para-hydroxylation sites is 2. The number of carbonyl (C=O) groups excluding carboxylic acids is 1. The van der Waals surface area contributed by atoms with Crippen LogP contribution in [0.3, 0.4) is 0 Å². The van der Waals surface area contributed by atoms with Crippen molar-refractivity contribution >= 4 is 11.6 Å². The van der Waals surface area contributed by atoms with Gasteiger partial charge in [-0.1, -0.05) is 18.2 Å². The highest BCUT2D eigenvalue weighted by Crippen LogP contribution is 2.31. The summed E-state index contributed by atoms with van der Waals surface area (Å²) in [4.78, 5) is 21.1. The highest BCUT2D eigenvalue weighted by Gasteiger charge is 2.27. The number of hydrogen-bond donors (Lipinski definition) is 1. The molecular formula is C21H19N3O3. The summed E-state index contributed by atoms with van der Waals surface area (Å²) in [5.74, 6) is 1.71. The van der Waals surface area contributed by atoms with Crippen LogP contribution >= 0.6 is 0 Å². The lowest BCUT2D eigenvalue weighted by Crippen LogP contribution is -2.40.